The SMILES string of the molecule is CCOC(=O)N1CCN(C(=O)Nc2ccc3nc(-c4ccco4)c(-c4ccco4)nc3c2)CC1. The van der Waals surface area contributed by atoms with Crippen molar-refractivity contribution in [3.63, 3.8) is 0 Å². The molecule has 4 aromatic rings. The van der Waals surface area contributed by atoms with Gasteiger partial charge < -0.3 is 28.7 Å². The number of carbonyl (C=O) groups excluding carboxylic acids is 2. The highest BCUT2D eigenvalue weighted by atomic mass is 16.6. The van der Waals surface area contributed by atoms with E-state index in [0.29, 0.717) is 72.4 Å². The molecule has 34 heavy (non-hydrogen) atoms. The molecule has 10 heteroatoms. The molecule has 0 unspecified atom stereocenters. The number of ether oxygens (including phenoxy) is 1. The van der Waals surface area contributed by atoms with Crippen molar-refractivity contribution in [1.82, 2.24) is 19.8 Å². The number of anilines is 1. The van der Waals surface area contributed by atoms with Crippen LogP contribution in [0.25, 0.3) is 33.9 Å². The van der Waals surface area contributed by atoms with Gasteiger partial charge in [-0.3, -0.25) is 0 Å². The summed E-state index contributed by atoms with van der Waals surface area (Å²) in [5.41, 5.74) is 2.97. The van der Waals surface area contributed by atoms with Crippen molar-refractivity contribution in [3.05, 3.63) is 55.0 Å². The van der Waals surface area contributed by atoms with Crippen LogP contribution in [0.15, 0.2) is 63.8 Å². The van der Waals surface area contributed by atoms with E-state index < -0.39 is 0 Å². The highest BCUT2D eigenvalue weighted by Crippen LogP contribution is 2.32. The third-order valence-electron chi connectivity index (χ3n) is 5.52. The van der Waals surface area contributed by atoms with Crippen LogP contribution in [-0.2, 0) is 4.74 Å². The molecule has 0 atom stereocenters. The number of fused-ring (bicyclic) bond motifs is 1. The molecule has 0 bridgehead atoms. The number of nitrogens with zero attached hydrogens (tertiary/aromatic N) is 4. The maximum atomic E-state index is 12.8. The van der Waals surface area contributed by atoms with E-state index in [1.807, 2.05) is 12.1 Å². The van der Waals surface area contributed by atoms with Gasteiger partial charge in [-0.2, -0.15) is 0 Å². The Kier molecular flexibility index (Phi) is 5.86. The van der Waals surface area contributed by atoms with Gasteiger partial charge in [-0.25, -0.2) is 19.6 Å². The summed E-state index contributed by atoms with van der Waals surface area (Å²) in [4.78, 5) is 37.4. The van der Waals surface area contributed by atoms with Crippen LogP contribution in [0, 0.1) is 0 Å². The zero-order valence-electron chi connectivity index (χ0n) is 18.6. The predicted molar refractivity (Wildman–Crippen MR) is 124 cm³/mol. The second kappa shape index (κ2) is 9.26. The van der Waals surface area contributed by atoms with Crippen molar-refractivity contribution in [2.24, 2.45) is 0 Å². The molecule has 1 N–H and O–H groups in total. The molecule has 1 saturated heterocycles. The van der Waals surface area contributed by atoms with Crippen LogP contribution in [-0.4, -0.2) is 64.7 Å². The fraction of sp³-hybridized carbons (Fsp3) is 0.250. The van der Waals surface area contributed by atoms with Crippen LogP contribution in [0.5, 0.6) is 0 Å². The number of nitrogens with one attached hydrogen (secondary N) is 1. The Morgan fingerprint density at radius 1 is 0.912 bits per heavy atom. The molecule has 1 aliphatic heterocycles. The zero-order valence-corrected chi connectivity index (χ0v) is 18.6. The van der Waals surface area contributed by atoms with Crippen molar-refractivity contribution < 1.29 is 23.2 Å². The Morgan fingerprint density at radius 2 is 1.53 bits per heavy atom. The van der Waals surface area contributed by atoms with E-state index in [9.17, 15) is 9.59 Å². The first kappa shape index (κ1) is 21.5. The molecule has 3 amide bonds. The summed E-state index contributed by atoms with van der Waals surface area (Å²) < 4.78 is 16.1. The van der Waals surface area contributed by atoms with Crippen molar-refractivity contribution >= 4 is 28.8 Å². The number of benzene rings is 1. The Balaban J connectivity index is 1.36. The van der Waals surface area contributed by atoms with Gasteiger partial charge in [0.2, 0.25) is 0 Å². The van der Waals surface area contributed by atoms with E-state index in [-0.39, 0.29) is 12.1 Å². The first-order valence-corrected chi connectivity index (χ1v) is 11.0. The van der Waals surface area contributed by atoms with Crippen LogP contribution in [0.3, 0.4) is 0 Å². The molecule has 0 saturated carbocycles. The number of rotatable bonds is 4. The number of piperazine rings is 1. The number of furan rings is 2. The second-order valence-corrected chi connectivity index (χ2v) is 7.68. The molecule has 1 fully saturated rings. The highest BCUT2D eigenvalue weighted by molar-refractivity contribution is 5.93. The lowest BCUT2D eigenvalue weighted by atomic mass is 10.1. The molecule has 0 spiro atoms. The second-order valence-electron chi connectivity index (χ2n) is 7.68. The summed E-state index contributed by atoms with van der Waals surface area (Å²) in [5.74, 6) is 1.15. The number of hydrogen-bond acceptors (Lipinski definition) is 7. The van der Waals surface area contributed by atoms with Crippen molar-refractivity contribution in [2.45, 2.75) is 6.92 Å². The largest absolute Gasteiger partial charge is 0.463 e. The standard InChI is InChI=1S/C24H23N5O5/c1-2-32-24(31)29-11-9-28(10-12-29)23(30)25-16-7-8-17-18(15-16)27-22(20-6-4-14-34-20)21(26-17)19-5-3-13-33-19/h3-8,13-15H,2,9-12H2,1H3,(H,25,30). The van der Waals surface area contributed by atoms with Crippen molar-refractivity contribution in [2.75, 3.05) is 38.1 Å². The summed E-state index contributed by atoms with van der Waals surface area (Å²) in [7, 11) is 0. The Morgan fingerprint density at radius 3 is 2.12 bits per heavy atom. The predicted octanol–water partition coefficient (Wildman–Crippen LogP) is 4.46. The average Bonchev–Trinajstić information content (AvgIpc) is 3.58. The first-order chi connectivity index (χ1) is 16.6. The van der Waals surface area contributed by atoms with Crippen LogP contribution in [0.4, 0.5) is 15.3 Å². The molecule has 5 rings (SSSR count). The van der Waals surface area contributed by atoms with E-state index in [0.717, 1.165) is 0 Å². The monoisotopic (exact) mass is 461 g/mol. The van der Waals surface area contributed by atoms with Gasteiger partial charge in [0.1, 0.15) is 11.4 Å². The normalized spacial score (nSPS) is 13.8. The minimum absolute atomic E-state index is 0.241. The molecule has 4 heterocycles. The Bertz CT molecular complexity index is 1300. The molecule has 3 aromatic heterocycles. The fourth-order valence-corrected chi connectivity index (χ4v) is 3.81. The minimum atomic E-state index is -0.350. The molecule has 0 radical (unpaired) electrons. The molecule has 0 aliphatic carbocycles. The molecule has 1 aromatic carbocycles. The van der Waals surface area contributed by atoms with E-state index >= 15 is 0 Å². The van der Waals surface area contributed by atoms with E-state index in [2.05, 4.69) is 5.32 Å². The summed E-state index contributed by atoms with van der Waals surface area (Å²) in [5, 5.41) is 2.91. The smallest absolute Gasteiger partial charge is 0.409 e. The number of urea groups is 1. The highest BCUT2D eigenvalue weighted by Gasteiger charge is 2.25. The lowest BCUT2D eigenvalue weighted by molar-refractivity contribution is 0.0868. The third-order valence-corrected chi connectivity index (χ3v) is 5.52. The number of aromatic nitrogens is 2. The first-order valence-electron chi connectivity index (χ1n) is 11.0. The number of hydrogen-bond donors (Lipinski definition) is 1. The van der Waals surface area contributed by atoms with Crippen molar-refractivity contribution in [1.29, 1.82) is 0 Å². The van der Waals surface area contributed by atoms with Crippen LogP contribution >= 0.6 is 0 Å². The van der Waals surface area contributed by atoms with Gasteiger partial charge in [0.15, 0.2) is 11.5 Å². The summed E-state index contributed by atoms with van der Waals surface area (Å²) in [6.45, 7) is 3.80. The lowest BCUT2D eigenvalue weighted by Gasteiger charge is -2.34. The maximum absolute atomic E-state index is 12.8. The van der Waals surface area contributed by atoms with Crippen molar-refractivity contribution in [3.8, 4) is 22.9 Å². The van der Waals surface area contributed by atoms with Gasteiger partial charge in [-0.1, -0.05) is 0 Å². The Labute approximate surface area is 195 Å². The molecule has 10 nitrogen and oxygen atoms in total. The zero-order chi connectivity index (χ0) is 23.5. The van der Waals surface area contributed by atoms with Gasteiger partial charge in [0.05, 0.1) is 30.2 Å². The topological polar surface area (TPSA) is 114 Å². The number of amides is 3. The molecular weight excluding hydrogens is 438 g/mol. The van der Waals surface area contributed by atoms with E-state index in [1.165, 1.54) is 0 Å². The summed E-state index contributed by atoms with van der Waals surface area (Å²) in [6.07, 6.45) is 2.81. The summed E-state index contributed by atoms with van der Waals surface area (Å²) in [6, 6.07) is 12.3. The van der Waals surface area contributed by atoms with E-state index in [1.54, 1.807) is 59.6 Å². The lowest BCUT2D eigenvalue weighted by Crippen LogP contribution is -2.51. The maximum Gasteiger partial charge on any atom is 0.409 e. The minimum Gasteiger partial charge on any atom is -0.463 e. The van der Waals surface area contributed by atoms with Gasteiger partial charge in [-0.05, 0) is 49.4 Å². The van der Waals surface area contributed by atoms with Gasteiger partial charge in [-0.15, -0.1) is 0 Å². The van der Waals surface area contributed by atoms with Gasteiger partial charge in [0, 0.05) is 31.9 Å². The third kappa shape index (κ3) is 4.29. The van der Waals surface area contributed by atoms with E-state index in [4.69, 9.17) is 23.5 Å². The summed E-state index contributed by atoms with van der Waals surface area (Å²) >= 11 is 0. The van der Waals surface area contributed by atoms with Crippen LogP contribution in [0.2, 0.25) is 0 Å². The number of carbonyl (C=O) groups is 2. The van der Waals surface area contributed by atoms with Gasteiger partial charge >= 0.3 is 12.1 Å². The molecule has 174 valence electrons. The van der Waals surface area contributed by atoms with Gasteiger partial charge in [0.25, 0.3) is 0 Å². The van der Waals surface area contributed by atoms with Crippen LogP contribution in [0.1, 0.15) is 6.92 Å². The quantitative estimate of drug-likeness (QED) is 0.477. The molecular formula is C24H23N5O5. The Hall–Kier alpha value is -4.34. The molecule has 1 aliphatic rings. The average molecular weight is 461 g/mol. The fourth-order valence-electron chi connectivity index (χ4n) is 3.81. The van der Waals surface area contributed by atoms with Crippen LogP contribution < -0.4 is 5.32 Å².